The predicted molar refractivity (Wildman–Crippen MR) is 69.4 cm³/mol. The number of nitrogens with two attached hydrogens (primary N) is 1. The van der Waals surface area contributed by atoms with Crippen LogP contribution >= 0.6 is 0 Å². The standard InChI is InChI=1S/C11H21N5O2/c1-11(2,3)7(5-6-17)13-9-14-8(12)15-10(16-9)18-4/h7,17H,5-6H2,1-4H3,(H3,12,13,14,15,16). The van der Waals surface area contributed by atoms with Crippen molar-refractivity contribution < 1.29 is 9.84 Å². The Hall–Kier alpha value is -1.63. The fourth-order valence-corrected chi connectivity index (χ4v) is 1.53. The Morgan fingerprint density at radius 1 is 1.33 bits per heavy atom. The summed E-state index contributed by atoms with van der Waals surface area (Å²) in [6.07, 6.45) is 0.595. The lowest BCUT2D eigenvalue weighted by atomic mass is 9.85. The number of nitrogen functional groups attached to an aromatic ring is 1. The summed E-state index contributed by atoms with van der Waals surface area (Å²) >= 11 is 0. The van der Waals surface area contributed by atoms with Crippen LogP contribution in [0.1, 0.15) is 27.2 Å². The van der Waals surface area contributed by atoms with Crippen molar-refractivity contribution in [1.82, 2.24) is 15.0 Å². The summed E-state index contributed by atoms with van der Waals surface area (Å²) in [5.41, 5.74) is 5.52. The van der Waals surface area contributed by atoms with Gasteiger partial charge in [-0.25, -0.2) is 0 Å². The summed E-state index contributed by atoms with van der Waals surface area (Å²) in [6, 6.07) is 0.190. The topological polar surface area (TPSA) is 106 Å². The molecule has 7 nitrogen and oxygen atoms in total. The molecule has 1 heterocycles. The Kier molecular flexibility index (Phi) is 4.66. The van der Waals surface area contributed by atoms with E-state index in [0.29, 0.717) is 12.4 Å². The summed E-state index contributed by atoms with van der Waals surface area (Å²) in [7, 11) is 1.47. The quantitative estimate of drug-likeness (QED) is 0.710. The monoisotopic (exact) mass is 255 g/mol. The number of aliphatic hydroxyl groups excluding tert-OH is 1. The number of anilines is 2. The van der Waals surface area contributed by atoms with Gasteiger partial charge in [0.1, 0.15) is 0 Å². The highest BCUT2D eigenvalue weighted by atomic mass is 16.5. The van der Waals surface area contributed by atoms with Gasteiger partial charge >= 0.3 is 6.01 Å². The molecule has 0 aromatic carbocycles. The average Bonchev–Trinajstić information content (AvgIpc) is 2.26. The van der Waals surface area contributed by atoms with E-state index in [0.717, 1.165) is 0 Å². The van der Waals surface area contributed by atoms with E-state index in [2.05, 4.69) is 41.0 Å². The fraction of sp³-hybridized carbons (Fsp3) is 0.727. The van der Waals surface area contributed by atoms with E-state index >= 15 is 0 Å². The molecule has 1 unspecified atom stereocenters. The van der Waals surface area contributed by atoms with Crippen molar-refractivity contribution in [2.45, 2.75) is 33.2 Å². The second-order valence-corrected chi connectivity index (χ2v) is 5.08. The third kappa shape index (κ3) is 3.99. The molecular weight excluding hydrogens is 234 g/mol. The van der Waals surface area contributed by atoms with Crippen LogP contribution in [0.15, 0.2) is 0 Å². The zero-order chi connectivity index (χ0) is 13.8. The van der Waals surface area contributed by atoms with Crippen LogP contribution in [0.3, 0.4) is 0 Å². The number of ether oxygens (including phenoxy) is 1. The van der Waals surface area contributed by atoms with Gasteiger partial charge in [-0.2, -0.15) is 15.0 Å². The van der Waals surface area contributed by atoms with Gasteiger partial charge in [0.15, 0.2) is 0 Å². The molecule has 0 aliphatic heterocycles. The number of nitrogens with zero attached hydrogens (tertiary/aromatic N) is 3. The van der Waals surface area contributed by atoms with Crippen molar-refractivity contribution in [3.05, 3.63) is 0 Å². The Bertz CT molecular complexity index is 392. The van der Waals surface area contributed by atoms with Gasteiger partial charge in [-0.1, -0.05) is 20.8 Å². The van der Waals surface area contributed by atoms with Gasteiger partial charge in [0.05, 0.1) is 7.11 Å². The van der Waals surface area contributed by atoms with Crippen molar-refractivity contribution in [2.75, 3.05) is 24.8 Å². The predicted octanol–water partition coefficient (Wildman–Crippen LogP) is 0.671. The van der Waals surface area contributed by atoms with E-state index in [1.165, 1.54) is 7.11 Å². The van der Waals surface area contributed by atoms with Crippen LogP contribution in [-0.4, -0.2) is 39.8 Å². The van der Waals surface area contributed by atoms with E-state index < -0.39 is 0 Å². The maximum absolute atomic E-state index is 9.09. The smallest absolute Gasteiger partial charge is 0.322 e. The first-order valence-corrected chi connectivity index (χ1v) is 5.79. The largest absolute Gasteiger partial charge is 0.467 e. The van der Waals surface area contributed by atoms with Crippen molar-refractivity contribution in [1.29, 1.82) is 0 Å². The van der Waals surface area contributed by atoms with Crippen LogP contribution in [0.25, 0.3) is 0 Å². The molecule has 0 bridgehead atoms. The van der Waals surface area contributed by atoms with E-state index in [4.69, 9.17) is 15.6 Å². The molecule has 4 N–H and O–H groups in total. The summed E-state index contributed by atoms with van der Waals surface area (Å²) in [5.74, 6) is 0.453. The first-order chi connectivity index (χ1) is 8.36. The SMILES string of the molecule is COc1nc(N)nc(NC(CCO)C(C)(C)C)n1. The van der Waals surface area contributed by atoms with Crippen LogP contribution < -0.4 is 15.8 Å². The Morgan fingerprint density at radius 3 is 2.50 bits per heavy atom. The molecule has 1 rings (SSSR count). The number of methoxy groups -OCH3 is 1. The van der Waals surface area contributed by atoms with Gasteiger partial charge in [0.25, 0.3) is 0 Å². The molecule has 0 saturated carbocycles. The molecule has 1 aromatic rings. The first-order valence-electron chi connectivity index (χ1n) is 5.79. The minimum atomic E-state index is -0.0443. The maximum atomic E-state index is 9.09. The molecular formula is C11H21N5O2. The van der Waals surface area contributed by atoms with Gasteiger partial charge in [-0.15, -0.1) is 0 Å². The third-order valence-electron chi connectivity index (χ3n) is 2.58. The van der Waals surface area contributed by atoms with Gasteiger partial charge in [0, 0.05) is 12.6 Å². The zero-order valence-electron chi connectivity index (χ0n) is 11.3. The molecule has 0 fully saturated rings. The van der Waals surface area contributed by atoms with Crippen LogP contribution in [0.2, 0.25) is 0 Å². The highest BCUT2D eigenvalue weighted by Crippen LogP contribution is 2.24. The highest BCUT2D eigenvalue weighted by Gasteiger charge is 2.25. The molecule has 1 aromatic heterocycles. The minimum absolute atomic E-state index is 0.0222. The molecule has 0 saturated heterocycles. The van der Waals surface area contributed by atoms with E-state index in [-0.39, 0.29) is 30.0 Å². The molecule has 0 radical (unpaired) electrons. The number of hydrogen-bond donors (Lipinski definition) is 3. The Morgan fingerprint density at radius 2 is 2.00 bits per heavy atom. The fourth-order valence-electron chi connectivity index (χ4n) is 1.53. The maximum Gasteiger partial charge on any atom is 0.322 e. The van der Waals surface area contributed by atoms with Crippen LogP contribution in [-0.2, 0) is 0 Å². The Balaban J connectivity index is 2.90. The summed E-state index contributed by atoms with van der Waals surface area (Å²) in [5, 5.41) is 12.2. The normalized spacial score (nSPS) is 13.2. The third-order valence-corrected chi connectivity index (χ3v) is 2.58. The average molecular weight is 255 g/mol. The molecule has 0 aliphatic carbocycles. The number of aliphatic hydroxyl groups is 1. The lowest BCUT2D eigenvalue weighted by Crippen LogP contribution is -2.35. The van der Waals surface area contributed by atoms with E-state index in [1.807, 2.05) is 0 Å². The second-order valence-electron chi connectivity index (χ2n) is 5.08. The van der Waals surface area contributed by atoms with Crippen molar-refractivity contribution in [3.63, 3.8) is 0 Å². The molecule has 18 heavy (non-hydrogen) atoms. The molecule has 0 aliphatic rings. The van der Waals surface area contributed by atoms with Crippen LogP contribution in [0, 0.1) is 5.41 Å². The zero-order valence-corrected chi connectivity index (χ0v) is 11.3. The lowest BCUT2D eigenvalue weighted by molar-refractivity contribution is 0.234. The first kappa shape index (κ1) is 14.4. The number of aromatic nitrogens is 3. The lowest BCUT2D eigenvalue weighted by Gasteiger charge is -2.31. The summed E-state index contributed by atoms with van der Waals surface area (Å²) in [4.78, 5) is 11.9. The minimum Gasteiger partial charge on any atom is -0.467 e. The summed E-state index contributed by atoms with van der Waals surface area (Å²) in [6.45, 7) is 6.30. The summed E-state index contributed by atoms with van der Waals surface area (Å²) < 4.78 is 4.93. The molecule has 102 valence electrons. The Labute approximate surface area is 107 Å². The van der Waals surface area contributed by atoms with Gasteiger partial charge in [0.2, 0.25) is 11.9 Å². The molecule has 7 heteroatoms. The molecule has 0 amide bonds. The molecule has 1 atom stereocenters. The van der Waals surface area contributed by atoms with Gasteiger partial charge < -0.3 is 20.9 Å². The number of hydrogen-bond acceptors (Lipinski definition) is 7. The van der Waals surface area contributed by atoms with Crippen molar-refractivity contribution in [2.24, 2.45) is 5.41 Å². The highest BCUT2D eigenvalue weighted by molar-refractivity contribution is 5.34. The van der Waals surface area contributed by atoms with Crippen molar-refractivity contribution >= 4 is 11.9 Å². The number of nitrogens with one attached hydrogen (secondary N) is 1. The van der Waals surface area contributed by atoms with Crippen LogP contribution in [0.4, 0.5) is 11.9 Å². The molecule has 0 spiro atoms. The van der Waals surface area contributed by atoms with Gasteiger partial charge in [-0.05, 0) is 11.8 Å². The second kappa shape index (κ2) is 5.81. The number of rotatable bonds is 5. The van der Waals surface area contributed by atoms with Crippen molar-refractivity contribution in [3.8, 4) is 6.01 Å². The van der Waals surface area contributed by atoms with E-state index in [9.17, 15) is 0 Å². The van der Waals surface area contributed by atoms with Crippen LogP contribution in [0.5, 0.6) is 6.01 Å². The van der Waals surface area contributed by atoms with E-state index in [1.54, 1.807) is 0 Å². The van der Waals surface area contributed by atoms with Gasteiger partial charge in [-0.3, -0.25) is 0 Å².